The van der Waals surface area contributed by atoms with E-state index >= 15 is 0 Å². The molecule has 1 saturated heterocycles. The summed E-state index contributed by atoms with van der Waals surface area (Å²) in [5.74, 6) is 1.82. The lowest BCUT2D eigenvalue weighted by atomic mass is 9.97. The molecule has 3 heterocycles. The highest BCUT2D eigenvalue weighted by atomic mass is 16.1. The molecule has 0 saturated carbocycles. The Morgan fingerprint density at radius 1 is 1.12 bits per heavy atom. The summed E-state index contributed by atoms with van der Waals surface area (Å²) in [5, 5.41) is 15.4. The van der Waals surface area contributed by atoms with Gasteiger partial charge in [-0.3, -0.25) is 0 Å². The summed E-state index contributed by atoms with van der Waals surface area (Å²) in [6, 6.07) is 13.6. The third-order valence-corrected chi connectivity index (χ3v) is 4.61. The molecule has 25 heavy (non-hydrogen) atoms. The number of hydrogen-bond acceptors (Lipinski definition) is 5. The normalized spacial score (nSPS) is 17.6. The van der Waals surface area contributed by atoms with Gasteiger partial charge in [0.15, 0.2) is 5.82 Å². The van der Waals surface area contributed by atoms with E-state index in [1.807, 2.05) is 49.4 Å². The standard InChI is InChI=1S/C18H20N6O/c1-13-9-10-16(20-19-13)23-11-5-6-14(12-23)17-21-22-18(25)24(17)15-7-3-2-4-8-15/h2-4,7-10,14H,5-6,11-12H2,1H3,(H,22,25)/t14-/m0/s1. The molecule has 2 aromatic heterocycles. The number of H-pyrrole nitrogens is 1. The third kappa shape index (κ3) is 3.05. The quantitative estimate of drug-likeness (QED) is 0.792. The van der Waals surface area contributed by atoms with Crippen LogP contribution in [0.25, 0.3) is 5.69 Å². The summed E-state index contributed by atoms with van der Waals surface area (Å²) in [5.41, 5.74) is 1.54. The Bertz CT molecular complexity index is 899. The molecule has 0 radical (unpaired) electrons. The molecule has 0 spiro atoms. The van der Waals surface area contributed by atoms with Crippen LogP contribution < -0.4 is 10.6 Å². The van der Waals surface area contributed by atoms with E-state index in [9.17, 15) is 4.79 Å². The number of benzene rings is 1. The lowest BCUT2D eigenvalue weighted by Gasteiger charge is -2.32. The Kier molecular flexibility index (Phi) is 4.05. The second-order valence-corrected chi connectivity index (χ2v) is 6.38. The molecule has 1 atom stereocenters. The second-order valence-electron chi connectivity index (χ2n) is 6.38. The number of para-hydroxylation sites is 1. The first kappa shape index (κ1) is 15.6. The van der Waals surface area contributed by atoms with E-state index in [1.54, 1.807) is 4.57 Å². The van der Waals surface area contributed by atoms with Crippen LogP contribution in [0, 0.1) is 6.92 Å². The molecule has 128 valence electrons. The van der Waals surface area contributed by atoms with Crippen molar-refractivity contribution in [2.45, 2.75) is 25.7 Å². The highest BCUT2D eigenvalue weighted by Gasteiger charge is 2.27. The molecule has 4 rings (SSSR count). The summed E-state index contributed by atoms with van der Waals surface area (Å²) in [6.07, 6.45) is 2.02. The predicted molar refractivity (Wildman–Crippen MR) is 95.1 cm³/mol. The lowest BCUT2D eigenvalue weighted by Crippen LogP contribution is -2.36. The largest absolute Gasteiger partial charge is 0.354 e. The minimum Gasteiger partial charge on any atom is -0.354 e. The van der Waals surface area contributed by atoms with Crippen LogP contribution >= 0.6 is 0 Å². The van der Waals surface area contributed by atoms with Gasteiger partial charge in [-0.15, -0.1) is 5.10 Å². The van der Waals surface area contributed by atoms with Crippen molar-refractivity contribution in [1.82, 2.24) is 25.0 Å². The number of nitrogens with zero attached hydrogens (tertiary/aromatic N) is 5. The fraction of sp³-hybridized carbons (Fsp3) is 0.333. The van der Waals surface area contributed by atoms with E-state index in [1.165, 1.54) is 0 Å². The van der Waals surface area contributed by atoms with Crippen LogP contribution in [0.1, 0.15) is 30.3 Å². The summed E-state index contributed by atoms with van der Waals surface area (Å²) >= 11 is 0. The maximum atomic E-state index is 12.3. The van der Waals surface area contributed by atoms with Crippen LogP contribution in [-0.4, -0.2) is 38.1 Å². The highest BCUT2D eigenvalue weighted by molar-refractivity contribution is 5.39. The molecule has 1 aromatic carbocycles. The number of aromatic amines is 1. The number of piperidine rings is 1. The molecule has 1 aliphatic heterocycles. The zero-order valence-corrected chi connectivity index (χ0v) is 14.1. The zero-order chi connectivity index (χ0) is 17.2. The van der Waals surface area contributed by atoms with Gasteiger partial charge in [-0.2, -0.15) is 10.2 Å². The van der Waals surface area contributed by atoms with Crippen molar-refractivity contribution >= 4 is 5.82 Å². The Balaban J connectivity index is 1.64. The SMILES string of the molecule is Cc1ccc(N2CCC[C@H](c3n[nH]c(=O)n3-c3ccccc3)C2)nn1. The molecule has 0 aliphatic carbocycles. The maximum absolute atomic E-state index is 12.3. The van der Waals surface area contributed by atoms with E-state index in [2.05, 4.69) is 25.3 Å². The summed E-state index contributed by atoms with van der Waals surface area (Å²) in [6.45, 7) is 3.64. The van der Waals surface area contributed by atoms with Crippen molar-refractivity contribution in [3.8, 4) is 5.69 Å². The monoisotopic (exact) mass is 336 g/mol. The molecule has 1 aliphatic rings. The second kappa shape index (κ2) is 6.51. The van der Waals surface area contributed by atoms with Gasteiger partial charge in [0.25, 0.3) is 0 Å². The number of nitrogens with one attached hydrogen (secondary N) is 1. The third-order valence-electron chi connectivity index (χ3n) is 4.61. The van der Waals surface area contributed by atoms with Crippen molar-refractivity contribution < 1.29 is 0 Å². The maximum Gasteiger partial charge on any atom is 0.347 e. The van der Waals surface area contributed by atoms with Gasteiger partial charge in [-0.05, 0) is 44.0 Å². The van der Waals surface area contributed by atoms with Crippen LogP contribution in [0.3, 0.4) is 0 Å². The van der Waals surface area contributed by atoms with Crippen molar-refractivity contribution in [2.75, 3.05) is 18.0 Å². The highest BCUT2D eigenvalue weighted by Crippen LogP contribution is 2.28. The Labute approximate surface area is 145 Å². The number of rotatable bonds is 3. The number of hydrogen-bond donors (Lipinski definition) is 1. The van der Waals surface area contributed by atoms with Crippen LogP contribution in [-0.2, 0) is 0 Å². The van der Waals surface area contributed by atoms with Gasteiger partial charge in [0.2, 0.25) is 0 Å². The molecule has 0 unspecified atom stereocenters. The van der Waals surface area contributed by atoms with Crippen LogP contribution in [0.4, 0.5) is 5.82 Å². The van der Waals surface area contributed by atoms with Gasteiger partial charge < -0.3 is 4.90 Å². The van der Waals surface area contributed by atoms with Gasteiger partial charge >= 0.3 is 5.69 Å². The first-order chi connectivity index (χ1) is 12.2. The smallest absolute Gasteiger partial charge is 0.347 e. The first-order valence-electron chi connectivity index (χ1n) is 8.50. The average Bonchev–Trinajstić information content (AvgIpc) is 3.05. The number of aryl methyl sites for hydroxylation is 1. The van der Waals surface area contributed by atoms with E-state index in [0.717, 1.165) is 49.0 Å². The van der Waals surface area contributed by atoms with Gasteiger partial charge in [-0.25, -0.2) is 14.5 Å². The summed E-state index contributed by atoms with van der Waals surface area (Å²) < 4.78 is 1.68. The molecular formula is C18H20N6O. The topological polar surface area (TPSA) is 79.7 Å². The number of aromatic nitrogens is 5. The predicted octanol–water partition coefficient (Wildman–Crippen LogP) is 2.04. The van der Waals surface area contributed by atoms with Crippen LogP contribution in [0.15, 0.2) is 47.3 Å². The van der Waals surface area contributed by atoms with Crippen molar-refractivity contribution in [2.24, 2.45) is 0 Å². The molecule has 0 amide bonds. The van der Waals surface area contributed by atoms with Crippen molar-refractivity contribution in [3.63, 3.8) is 0 Å². The first-order valence-corrected chi connectivity index (χ1v) is 8.50. The van der Waals surface area contributed by atoms with Crippen molar-refractivity contribution in [3.05, 3.63) is 64.5 Å². The van der Waals surface area contributed by atoms with E-state index in [4.69, 9.17) is 0 Å². The van der Waals surface area contributed by atoms with Crippen LogP contribution in [0.5, 0.6) is 0 Å². The molecular weight excluding hydrogens is 316 g/mol. The minimum atomic E-state index is -0.201. The Morgan fingerprint density at radius 2 is 1.96 bits per heavy atom. The molecule has 3 aromatic rings. The fourth-order valence-electron chi connectivity index (χ4n) is 3.37. The molecule has 7 heteroatoms. The lowest BCUT2D eigenvalue weighted by molar-refractivity contribution is 0.481. The van der Waals surface area contributed by atoms with Gasteiger partial charge in [0.05, 0.1) is 11.4 Å². The Morgan fingerprint density at radius 3 is 2.72 bits per heavy atom. The fourth-order valence-corrected chi connectivity index (χ4v) is 3.37. The molecule has 1 fully saturated rings. The van der Waals surface area contributed by atoms with E-state index < -0.39 is 0 Å². The van der Waals surface area contributed by atoms with E-state index in [-0.39, 0.29) is 11.6 Å². The summed E-state index contributed by atoms with van der Waals surface area (Å²) in [7, 11) is 0. The van der Waals surface area contributed by atoms with Crippen LogP contribution in [0.2, 0.25) is 0 Å². The van der Waals surface area contributed by atoms with Gasteiger partial charge in [0, 0.05) is 19.0 Å². The Hall–Kier alpha value is -2.96. The minimum absolute atomic E-state index is 0.163. The van der Waals surface area contributed by atoms with Gasteiger partial charge in [-0.1, -0.05) is 18.2 Å². The summed E-state index contributed by atoms with van der Waals surface area (Å²) in [4.78, 5) is 14.5. The average molecular weight is 336 g/mol. The number of anilines is 1. The van der Waals surface area contributed by atoms with E-state index in [0.29, 0.717) is 0 Å². The molecule has 7 nitrogen and oxygen atoms in total. The zero-order valence-electron chi connectivity index (χ0n) is 14.1. The molecule has 1 N–H and O–H groups in total. The van der Waals surface area contributed by atoms with Crippen molar-refractivity contribution in [1.29, 1.82) is 0 Å². The van der Waals surface area contributed by atoms with Gasteiger partial charge in [0.1, 0.15) is 5.82 Å². The molecule has 0 bridgehead atoms.